The summed E-state index contributed by atoms with van der Waals surface area (Å²) in [5, 5.41) is 0.537. The molecule has 1 aromatic heterocycles. The molecule has 3 heteroatoms. The van der Waals surface area contributed by atoms with Gasteiger partial charge in [0.05, 0.1) is 22.5 Å². The fourth-order valence-electron chi connectivity index (χ4n) is 8.04. The van der Waals surface area contributed by atoms with Gasteiger partial charge in [-0.3, -0.25) is 4.98 Å². The van der Waals surface area contributed by atoms with E-state index in [0.717, 1.165) is 5.69 Å². The van der Waals surface area contributed by atoms with Gasteiger partial charge in [0.2, 0.25) is 0 Å². The fourth-order valence-corrected chi connectivity index (χ4v) is 8.04. The molecule has 5 aromatic rings. The Kier molecular flexibility index (Phi) is 4.40. The molecule has 2 aliphatic heterocycles. The molecule has 0 N–H and O–H groups in total. The van der Waals surface area contributed by atoms with E-state index in [1.54, 1.807) is 0 Å². The first-order valence-electron chi connectivity index (χ1n) is 14.0. The molecule has 8 rings (SSSR count). The van der Waals surface area contributed by atoms with Gasteiger partial charge >= 0.3 is 0 Å². The molecule has 1 spiro atoms. The van der Waals surface area contributed by atoms with Gasteiger partial charge in [-0.15, -0.1) is 0 Å². The first kappa shape index (κ1) is 22.8. The summed E-state index contributed by atoms with van der Waals surface area (Å²) in [5.41, 5.74) is 12.2. The quantitative estimate of drug-likeness (QED) is 0.220. The third-order valence-corrected chi connectivity index (χ3v) is 10.4. The molecule has 1 aliphatic carbocycles. The van der Waals surface area contributed by atoms with Crippen molar-refractivity contribution in [2.45, 2.75) is 43.7 Å². The summed E-state index contributed by atoms with van der Waals surface area (Å²) in [4.78, 5) is 7.44. The van der Waals surface area contributed by atoms with Crippen LogP contribution >= 0.6 is 0 Å². The van der Waals surface area contributed by atoms with Gasteiger partial charge in [0.15, 0.2) is 6.71 Å². The van der Waals surface area contributed by atoms with Gasteiger partial charge in [-0.25, -0.2) is 0 Å². The van der Waals surface area contributed by atoms with Crippen LogP contribution in [0.25, 0.3) is 11.3 Å². The van der Waals surface area contributed by atoms with Crippen LogP contribution in [0.15, 0.2) is 115 Å². The average Bonchev–Trinajstić information content (AvgIpc) is 3.22. The standard InChI is InChI=1S/C36H31BN2/c1-34(2)35(3,4)37(34)24-20-21-26-30(23-24)36(29-17-12-22-38-33(26)29)27-15-8-10-18-31(27)39(25-13-6-5-7-14-25)32-19-11-9-16-28(32)36/h5-23H,1-4H3. The van der Waals surface area contributed by atoms with Crippen LogP contribution in [-0.2, 0) is 5.41 Å². The number of rotatable bonds is 2. The Morgan fingerprint density at radius 3 is 1.82 bits per heavy atom. The number of anilines is 3. The molecule has 39 heavy (non-hydrogen) atoms. The minimum absolute atomic E-state index is 0.268. The maximum atomic E-state index is 5.01. The highest BCUT2D eigenvalue weighted by molar-refractivity contribution is 6.89. The van der Waals surface area contributed by atoms with Crippen molar-refractivity contribution >= 4 is 29.2 Å². The van der Waals surface area contributed by atoms with Crippen molar-refractivity contribution in [2.24, 2.45) is 0 Å². The Morgan fingerprint density at radius 2 is 1.18 bits per heavy atom. The molecular weight excluding hydrogens is 471 g/mol. The number of fused-ring (bicyclic) bond motifs is 9. The van der Waals surface area contributed by atoms with Gasteiger partial charge in [0.25, 0.3) is 0 Å². The molecule has 188 valence electrons. The first-order valence-corrected chi connectivity index (χ1v) is 14.0. The summed E-state index contributed by atoms with van der Waals surface area (Å²) >= 11 is 0. The molecule has 1 saturated heterocycles. The lowest BCUT2D eigenvalue weighted by Gasteiger charge is -2.45. The topological polar surface area (TPSA) is 16.1 Å². The Hall–Kier alpha value is -4.11. The normalized spacial score (nSPS) is 18.3. The van der Waals surface area contributed by atoms with E-state index >= 15 is 0 Å². The van der Waals surface area contributed by atoms with E-state index in [0.29, 0.717) is 6.71 Å². The second-order valence-corrected chi connectivity index (χ2v) is 12.5. The number of pyridine rings is 1. The number of aromatic nitrogens is 1. The maximum Gasteiger partial charge on any atom is 0.187 e. The summed E-state index contributed by atoms with van der Waals surface area (Å²) in [6.45, 7) is 10.2. The van der Waals surface area contributed by atoms with E-state index in [1.807, 2.05) is 6.20 Å². The third-order valence-electron chi connectivity index (χ3n) is 10.4. The van der Waals surface area contributed by atoms with E-state index in [1.165, 1.54) is 50.3 Å². The summed E-state index contributed by atoms with van der Waals surface area (Å²) in [7, 11) is 0. The van der Waals surface area contributed by atoms with Crippen molar-refractivity contribution in [3.05, 3.63) is 138 Å². The van der Waals surface area contributed by atoms with Crippen molar-refractivity contribution in [2.75, 3.05) is 4.90 Å². The maximum absolute atomic E-state index is 5.01. The number of hydrogen-bond donors (Lipinski definition) is 0. The van der Waals surface area contributed by atoms with Crippen LogP contribution in [0.2, 0.25) is 10.6 Å². The largest absolute Gasteiger partial charge is 0.310 e. The molecule has 0 radical (unpaired) electrons. The molecule has 4 aromatic carbocycles. The predicted octanol–water partition coefficient (Wildman–Crippen LogP) is 8.50. The third kappa shape index (κ3) is 2.71. The SMILES string of the molecule is CC1(C)B(c2ccc3c(c2)C2(c4ccccc4N(c4ccccc4)c4ccccc42)c2cccnc2-3)C1(C)C. The molecule has 3 aliphatic rings. The molecule has 2 nitrogen and oxygen atoms in total. The van der Waals surface area contributed by atoms with Crippen molar-refractivity contribution in [1.82, 2.24) is 4.98 Å². The number of nitrogens with zero attached hydrogens (tertiary/aromatic N) is 2. The zero-order chi connectivity index (χ0) is 26.6. The minimum Gasteiger partial charge on any atom is -0.310 e. The minimum atomic E-state index is -0.434. The fraction of sp³-hybridized carbons (Fsp3) is 0.194. The van der Waals surface area contributed by atoms with Crippen LogP contribution in [0.5, 0.6) is 0 Å². The van der Waals surface area contributed by atoms with E-state index in [4.69, 9.17) is 4.98 Å². The van der Waals surface area contributed by atoms with Gasteiger partial charge in [0.1, 0.15) is 0 Å². The van der Waals surface area contributed by atoms with Crippen molar-refractivity contribution in [3.63, 3.8) is 0 Å². The van der Waals surface area contributed by atoms with Gasteiger partial charge in [0, 0.05) is 17.4 Å². The molecule has 1 fully saturated rings. The van der Waals surface area contributed by atoms with Gasteiger partial charge < -0.3 is 4.90 Å². The van der Waals surface area contributed by atoms with Crippen molar-refractivity contribution < 1.29 is 0 Å². The van der Waals surface area contributed by atoms with Crippen LogP contribution < -0.4 is 10.4 Å². The molecule has 0 unspecified atom stereocenters. The lowest BCUT2D eigenvalue weighted by Crippen LogP contribution is -2.37. The van der Waals surface area contributed by atoms with E-state index in [9.17, 15) is 0 Å². The highest BCUT2D eigenvalue weighted by Gasteiger charge is 2.68. The lowest BCUT2D eigenvalue weighted by molar-refractivity contribution is 0.628. The van der Waals surface area contributed by atoms with Crippen LogP contribution in [-0.4, -0.2) is 11.7 Å². The second-order valence-electron chi connectivity index (χ2n) is 12.5. The zero-order valence-electron chi connectivity index (χ0n) is 22.9. The van der Waals surface area contributed by atoms with Crippen LogP contribution in [0, 0.1) is 0 Å². The van der Waals surface area contributed by atoms with Crippen LogP contribution in [0.3, 0.4) is 0 Å². The van der Waals surface area contributed by atoms with Gasteiger partial charge in [-0.1, -0.05) is 123 Å². The molecule has 0 saturated carbocycles. The smallest absolute Gasteiger partial charge is 0.187 e. The monoisotopic (exact) mass is 502 g/mol. The summed E-state index contributed by atoms with van der Waals surface area (Å²) in [5.74, 6) is 0. The van der Waals surface area contributed by atoms with E-state index in [2.05, 4.69) is 142 Å². The van der Waals surface area contributed by atoms with Crippen molar-refractivity contribution in [1.29, 1.82) is 0 Å². The zero-order valence-corrected chi connectivity index (χ0v) is 22.9. The Morgan fingerprint density at radius 1 is 0.590 bits per heavy atom. The Balaban J connectivity index is 1.49. The predicted molar refractivity (Wildman–Crippen MR) is 163 cm³/mol. The molecule has 3 heterocycles. The lowest BCUT2D eigenvalue weighted by atomic mass is 9.52. The molecule has 0 atom stereocenters. The highest BCUT2D eigenvalue weighted by atomic mass is 15.2. The molecule has 0 bridgehead atoms. The van der Waals surface area contributed by atoms with E-state index in [-0.39, 0.29) is 10.6 Å². The second kappa shape index (κ2) is 7.51. The average molecular weight is 502 g/mol. The van der Waals surface area contributed by atoms with Gasteiger partial charge in [-0.05, 0) is 52.6 Å². The van der Waals surface area contributed by atoms with Crippen LogP contribution in [0.4, 0.5) is 17.1 Å². The number of benzene rings is 4. The first-order chi connectivity index (χ1) is 18.9. The summed E-state index contributed by atoms with van der Waals surface area (Å²) in [6, 6.07) is 40.4. The Labute approximate surface area is 231 Å². The molecule has 0 amide bonds. The van der Waals surface area contributed by atoms with Crippen LogP contribution in [0.1, 0.15) is 49.9 Å². The Bertz CT molecular complexity index is 1720. The van der Waals surface area contributed by atoms with Gasteiger partial charge in [-0.2, -0.15) is 0 Å². The highest BCUT2D eigenvalue weighted by Crippen LogP contribution is 2.73. The number of hydrogen-bond acceptors (Lipinski definition) is 2. The molecular formula is C36H31BN2. The van der Waals surface area contributed by atoms with E-state index < -0.39 is 5.41 Å². The summed E-state index contributed by atoms with van der Waals surface area (Å²) in [6.07, 6.45) is 1.94. The van der Waals surface area contributed by atoms with Crippen molar-refractivity contribution in [3.8, 4) is 11.3 Å². The number of para-hydroxylation sites is 3. The summed E-state index contributed by atoms with van der Waals surface area (Å²) < 4.78 is 0.